The Labute approximate surface area is 141 Å². The maximum absolute atomic E-state index is 12.6. The molecule has 1 aromatic heterocycles. The zero-order chi connectivity index (χ0) is 15.9. The summed E-state index contributed by atoms with van der Waals surface area (Å²) in [7, 11) is 0. The highest BCUT2D eigenvalue weighted by Crippen LogP contribution is 2.45. The standard InChI is InChI=1S/C17H25N3O2S/c1-13-10-23-15(18-13)8-19-7-14-9-22-12-17(14,11-19)6-16(21)20-4-2-3-5-20/h10,14H,2-9,11-12H2,1H3/t14-,17+/m1/s1. The van der Waals surface area contributed by atoms with Gasteiger partial charge in [-0.25, -0.2) is 4.98 Å². The molecule has 1 amide bonds. The number of rotatable bonds is 4. The first-order valence-electron chi connectivity index (χ1n) is 8.63. The van der Waals surface area contributed by atoms with Crippen LogP contribution in [0, 0.1) is 18.3 Å². The molecule has 0 spiro atoms. The number of hydrogen-bond acceptors (Lipinski definition) is 5. The second kappa shape index (κ2) is 6.15. The Hall–Kier alpha value is -0.980. The first kappa shape index (κ1) is 15.5. The van der Waals surface area contributed by atoms with Gasteiger partial charge in [-0.1, -0.05) is 0 Å². The van der Waals surface area contributed by atoms with Crippen LogP contribution >= 0.6 is 11.3 Å². The molecule has 0 saturated carbocycles. The van der Waals surface area contributed by atoms with Crippen molar-refractivity contribution in [3.05, 3.63) is 16.1 Å². The van der Waals surface area contributed by atoms with E-state index in [-0.39, 0.29) is 5.41 Å². The number of thiazole rings is 1. The second-order valence-corrected chi connectivity index (χ2v) is 8.33. The van der Waals surface area contributed by atoms with Gasteiger partial charge in [0.2, 0.25) is 5.91 Å². The van der Waals surface area contributed by atoms with E-state index in [1.165, 1.54) is 5.01 Å². The summed E-state index contributed by atoms with van der Waals surface area (Å²) in [6, 6.07) is 0. The van der Waals surface area contributed by atoms with Gasteiger partial charge < -0.3 is 9.64 Å². The molecule has 4 heterocycles. The predicted octanol–water partition coefficient (Wildman–Crippen LogP) is 1.91. The number of aryl methyl sites for hydroxylation is 1. The Morgan fingerprint density at radius 1 is 1.48 bits per heavy atom. The number of likely N-dealkylation sites (tertiary alicyclic amines) is 2. The summed E-state index contributed by atoms with van der Waals surface area (Å²) in [4.78, 5) is 21.8. The topological polar surface area (TPSA) is 45.7 Å². The first-order chi connectivity index (χ1) is 11.1. The number of nitrogens with zero attached hydrogens (tertiary/aromatic N) is 3. The molecule has 6 heteroatoms. The number of ether oxygens (including phenoxy) is 1. The summed E-state index contributed by atoms with van der Waals surface area (Å²) in [5.41, 5.74) is 1.14. The summed E-state index contributed by atoms with van der Waals surface area (Å²) in [5.74, 6) is 0.833. The van der Waals surface area contributed by atoms with Crippen LogP contribution in [0.5, 0.6) is 0 Å². The normalized spacial score (nSPS) is 31.0. The highest BCUT2D eigenvalue weighted by molar-refractivity contribution is 7.09. The van der Waals surface area contributed by atoms with Crippen LogP contribution in [0.3, 0.4) is 0 Å². The largest absolute Gasteiger partial charge is 0.380 e. The van der Waals surface area contributed by atoms with E-state index in [9.17, 15) is 4.79 Å². The zero-order valence-corrected chi connectivity index (χ0v) is 14.6. The van der Waals surface area contributed by atoms with Crippen molar-refractivity contribution in [3.63, 3.8) is 0 Å². The van der Waals surface area contributed by atoms with Gasteiger partial charge in [-0.15, -0.1) is 11.3 Å². The minimum atomic E-state index is 0.0337. The highest BCUT2D eigenvalue weighted by Gasteiger charge is 2.52. The number of aromatic nitrogens is 1. The molecule has 126 valence electrons. The van der Waals surface area contributed by atoms with E-state index in [1.54, 1.807) is 11.3 Å². The molecule has 3 saturated heterocycles. The van der Waals surface area contributed by atoms with E-state index >= 15 is 0 Å². The molecule has 0 aromatic carbocycles. The van der Waals surface area contributed by atoms with Gasteiger partial charge in [0.25, 0.3) is 0 Å². The fraction of sp³-hybridized carbons (Fsp3) is 0.765. The van der Waals surface area contributed by atoms with Crippen LogP contribution in [-0.4, -0.2) is 60.1 Å². The molecule has 0 N–H and O–H groups in total. The SMILES string of the molecule is Cc1csc(CN2C[C@@H]3COC[C@]3(CC(=O)N3CCCC3)C2)n1. The van der Waals surface area contributed by atoms with Crippen molar-refractivity contribution in [2.24, 2.45) is 11.3 Å². The maximum atomic E-state index is 12.6. The molecule has 4 rings (SSSR count). The summed E-state index contributed by atoms with van der Waals surface area (Å²) in [6.07, 6.45) is 2.98. The van der Waals surface area contributed by atoms with Crippen molar-refractivity contribution in [2.75, 3.05) is 39.4 Å². The van der Waals surface area contributed by atoms with E-state index < -0.39 is 0 Å². The summed E-state index contributed by atoms with van der Waals surface area (Å²) >= 11 is 1.74. The van der Waals surface area contributed by atoms with Gasteiger partial charge >= 0.3 is 0 Å². The van der Waals surface area contributed by atoms with Crippen molar-refractivity contribution >= 4 is 17.2 Å². The van der Waals surface area contributed by atoms with Gasteiger partial charge in [-0.2, -0.15) is 0 Å². The lowest BCUT2D eigenvalue weighted by Gasteiger charge is -2.29. The van der Waals surface area contributed by atoms with E-state index in [4.69, 9.17) is 4.74 Å². The van der Waals surface area contributed by atoms with Crippen LogP contribution in [0.15, 0.2) is 5.38 Å². The zero-order valence-electron chi connectivity index (χ0n) is 13.8. The summed E-state index contributed by atoms with van der Waals surface area (Å²) in [5, 5.41) is 3.30. The molecule has 23 heavy (non-hydrogen) atoms. The number of carbonyl (C=O) groups excluding carboxylic acids is 1. The monoisotopic (exact) mass is 335 g/mol. The van der Waals surface area contributed by atoms with Crippen LogP contribution in [0.4, 0.5) is 0 Å². The highest BCUT2D eigenvalue weighted by atomic mass is 32.1. The molecule has 2 atom stereocenters. The van der Waals surface area contributed by atoms with Gasteiger partial charge in [-0.3, -0.25) is 9.69 Å². The Kier molecular flexibility index (Phi) is 4.15. The summed E-state index contributed by atoms with van der Waals surface area (Å²) in [6.45, 7) is 8.40. The molecule has 3 aliphatic heterocycles. The molecule has 0 unspecified atom stereocenters. The molecule has 0 bridgehead atoms. The van der Waals surface area contributed by atoms with Crippen molar-refractivity contribution < 1.29 is 9.53 Å². The van der Waals surface area contributed by atoms with Crippen LogP contribution in [0.2, 0.25) is 0 Å². The molecular weight excluding hydrogens is 310 g/mol. The third-order valence-electron chi connectivity index (χ3n) is 5.58. The molecular formula is C17H25N3O2S. The van der Waals surface area contributed by atoms with Crippen molar-refractivity contribution in [3.8, 4) is 0 Å². The maximum Gasteiger partial charge on any atom is 0.223 e. The second-order valence-electron chi connectivity index (χ2n) is 7.39. The predicted molar refractivity (Wildman–Crippen MR) is 89.3 cm³/mol. The van der Waals surface area contributed by atoms with E-state index in [0.29, 0.717) is 18.2 Å². The van der Waals surface area contributed by atoms with Crippen LogP contribution in [0.25, 0.3) is 0 Å². The molecule has 1 aromatic rings. The Balaban J connectivity index is 1.43. The van der Waals surface area contributed by atoms with Crippen LogP contribution in [-0.2, 0) is 16.1 Å². The Morgan fingerprint density at radius 2 is 2.30 bits per heavy atom. The first-order valence-corrected chi connectivity index (χ1v) is 9.51. The third kappa shape index (κ3) is 3.04. The van der Waals surface area contributed by atoms with Gasteiger partial charge in [0.15, 0.2) is 0 Å². The van der Waals surface area contributed by atoms with Crippen molar-refractivity contribution in [1.29, 1.82) is 0 Å². The molecule has 0 aliphatic carbocycles. The number of amides is 1. The molecule has 3 aliphatic rings. The fourth-order valence-corrected chi connectivity index (χ4v) is 5.17. The van der Waals surface area contributed by atoms with E-state index in [2.05, 4.69) is 20.2 Å². The van der Waals surface area contributed by atoms with Gasteiger partial charge in [0.05, 0.1) is 19.8 Å². The Morgan fingerprint density at radius 3 is 3.04 bits per heavy atom. The lowest BCUT2D eigenvalue weighted by molar-refractivity contribution is -0.133. The third-order valence-corrected chi connectivity index (χ3v) is 6.53. The number of fused-ring (bicyclic) bond motifs is 1. The minimum absolute atomic E-state index is 0.0337. The van der Waals surface area contributed by atoms with Gasteiger partial charge in [-0.05, 0) is 19.8 Å². The Bertz CT molecular complexity index is 584. The van der Waals surface area contributed by atoms with Crippen molar-refractivity contribution in [2.45, 2.75) is 32.7 Å². The molecule has 3 fully saturated rings. The van der Waals surface area contributed by atoms with Gasteiger partial charge in [0.1, 0.15) is 5.01 Å². The summed E-state index contributed by atoms with van der Waals surface area (Å²) < 4.78 is 5.77. The number of carbonyl (C=O) groups is 1. The van der Waals surface area contributed by atoms with E-state index in [0.717, 1.165) is 64.5 Å². The van der Waals surface area contributed by atoms with Gasteiger partial charge in [0, 0.05) is 55.0 Å². The van der Waals surface area contributed by atoms with Crippen molar-refractivity contribution in [1.82, 2.24) is 14.8 Å². The molecule has 5 nitrogen and oxygen atoms in total. The van der Waals surface area contributed by atoms with Crippen LogP contribution in [0.1, 0.15) is 30.0 Å². The lowest BCUT2D eigenvalue weighted by atomic mass is 9.78. The average Bonchev–Trinajstić information content (AvgIpc) is 3.23. The fourth-order valence-electron chi connectivity index (χ4n) is 4.36. The lowest BCUT2D eigenvalue weighted by Crippen LogP contribution is -2.38. The molecule has 0 radical (unpaired) electrons. The average molecular weight is 335 g/mol. The minimum Gasteiger partial charge on any atom is -0.380 e. The quantitative estimate of drug-likeness (QED) is 0.843. The number of hydrogen-bond donors (Lipinski definition) is 0. The van der Waals surface area contributed by atoms with Crippen LogP contribution < -0.4 is 0 Å². The smallest absolute Gasteiger partial charge is 0.223 e. The van der Waals surface area contributed by atoms with E-state index in [1.807, 2.05) is 6.92 Å².